The van der Waals surface area contributed by atoms with Gasteiger partial charge in [-0.25, -0.2) is 4.98 Å². The lowest BCUT2D eigenvalue weighted by Crippen LogP contribution is -2.26. The van der Waals surface area contributed by atoms with Crippen molar-refractivity contribution in [2.45, 2.75) is 51.0 Å². The van der Waals surface area contributed by atoms with Gasteiger partial charge in [-0.05, 0) is 42.9 Å². The molecule has 0 radical (unpaired) electrons. The van der Waals surface area contributed by atoms with Crippen molar-refractivity contribution >= 4 is 5.91 Å². The molecule has 2 aromatic heterocycles. The number of fused-ring (bicyclic) bond motifs is 1. The van der Waals surface area contributed by atoms with Gasteiger partial charge in [0.25, 0.3) is 5.91 Å². The molecule has 2 aliphatic carbocycles. The Morgan fingerprint density at radius 3 is 2.89 bits per heavy atom. The van der Waals surface area contributed by atoms with Gasteiger partial charge in [0.1, 0.15) is 0 Å². The summed E-state index contributed by atoms with van der Waals surface area (Å²) in [6, 6.07) is 6.13. The minimum Gasteiger partial charge on any atom is -0.436 e. The van der Waals surface area contributed by atoms with Gasteiger partial charge in [-0.2, -0.15) is 4.98 Å². The van der Waals surface area contributed by atoms with E-state index in [1.54, 1.807) is 6.92 Å². The number of aryl methyl sites for hydroxylation is 2. The summed E-state index contributed by atoms with van der Waals surface area (Å²) in [6.07, 6.45) is 6.73. The van der Waals surface area contributed by atoms with Gasteiger partial charge in [0.2, 0.25) is 17.5 Å². The van der Waals surface area contributed by atoms with Crippen LogP contribution < -0.4 is 5.32 Å². The third kappa shape index (κ3) is 2.93. The quantitative estimate of drug-likeness (QED) is 0.758. The molecule has 1 fully saturated rings. The molecule has 1 N–H and O–H groups in total. The molecule has 0 bridgehead atoms. The fraction of sp³-hybridized carbons (Fsp3) is 0.400. The molecule has 2 aliphatic rings. The molecule has 138 valence electrons. The van der Waals surface area contributed by atoms with Crippen molar-refractivity contribution in [2.24, 2.45) is 0 Å². The van der Waals surface area contributed by atoms with Crippen LogP contribution in [0.25, 0.3) is 11.4 Å². The van der Waals surface area contributed by atoms with Crippen LogP contribution in [0.5, 0.6) is 0 Å². The summed E-state index contributed by atoms with van der Waals surface area (Å²) >= 11 is 0. The molecule has 0 saturated heterocycles. The predicted molar refractivity (Wildman–Crippen MR) is 96.1 cm³/mol. The summed E-state index contributed by atoms with van der Waals surface area (Å²) in [5.74, 6) is 2.32. The van der Waals surface area contributed by atoms with Crippen LogP contribution in [0, 0.1) is 6.92 Å². The number of hydrogen-bond donors (Lipinski definition) is 1. The van der Waals surface area contributed by atoms with E-state index in [4.69, 9.17) is 8.94 Å². The molecule has 7 nitrogen and oxygen atoms in total. The van der Waals surface area contributed by atoms with E-state index in [1.165, 1.54) is 18.2 Å². The lowest BCUT2D eigenvalue weighted by atomic mass is 9.85. The van der Waals surface area contributed by atoms with Crippen LogP contribution in [0.1, 0.15) is 71.1 Å². The number of aromatic nitrogens is 3. The summed E-state index contributed by atoms with van der Waals surface area (Å²) in [5.41, 5.74) is 3.30. The molecular formula is C20H20N4O3. The first-order valence-corrected chi connectivity index (χ1v) is 9.37. The number of amides is 1. The molecule has 7 heteroatoms. The van der Waals surface area contributed by atoms with Crippen LogP contribution in [-0.2, 0) is 6.42 Å². The minimum atomic E-state index is -0.235. The number of benzene rings is 1. The van der Waals surface area contributed by atoms with Gasteiger partial charge in [0, 0.05) is 18.4 Å². The Morgan fingerprint density at radius 2 is 2.15 bits per heavy atom. The Morgan fingerprint density at radius 1 is 1.26 bits per heavy atom. The van der Waals surface area contributed by atoms with E-state index >= 15 is 0 Å². The van der Waals surface area contributed by atoms with Gasteiger partial charge in [0.15, 0.2) is 5.89 Å². The van der Waals surface area contributed by atoms with Gasteiger partial charge in [0.05, 0.1) is 12.2 Å². The second-order valence-corrected chi connectivity index (χ2v) is 7.31. The summed E-state index contributed by atoms with van der Waals surface area (Å²) < 4.78 is 10.7. The van der Waals surface area contributed by atoms with Crippen LogP contribution in [0.3, 0.4) is 0 Å². The molecule has 1 atom stereocenters. The van der Waals surface area contributed by atoms with E-state index in [0.29, 0.717) is 17.6 Å². The molecule has 1 aromatic carbocycles. The summed E-state index contributed by atoms with van der Waals surface area (Å²) in [7, 11) is 0. The second-order valence-electron chi connectivity index (χ2n) is 7.31. The normalized spacial score (nSPS) is 18.9. The zero-order valence-electron chi connectivity index (χ0n) is 15.1. The third-order valence-corrected chi connectivity index (χ3v) is 5.53. The van der Waals surface area contributed by atoms with E-state index in [2.05, 4.69) is 26.5 Å². The average molecular weight is 364 g/mol. The van der Waals surface area contributed by atoms with Crippen LogP contribution in [0.15, 0.2) is 33.3 Å². The highest BCUT2D eigenvalue weighted by molar-refractivity contribution is 5.91. The van der Waals surface area contributed by atoms with Gasteiger partial charge < -0.3 is 14.3 Å². The number of carbonyl (C=O) groups is 1. The van der Waals surface area contributed by atoms with Crippen molar-refractivity contribution in [3.8, 4) is 11.4 Å². The predicted octanol–water partition coefficient (Wildman–Crippen LogP) is 3.72. The summed E-state index contributed by atoms with van der Waals surface area (Å²) in [6.45, 7) is 1.72. The number of oxazole rings is 1. The van der Waals surface area contributed by atoms with Crippen molar-refractivity contribution in [2.75, 3.05) is 0 Å². The van der Waals surface area contributed by atoms with E-state index in [0.717, 1.165) is 42.7 Å². The van der Waals surface area contributed by atoms with Crippen molar-refractivity contribution < 1.29 is 13.7 Å². The maximum atomic E-state index is 12.3. The van der Waals surface area contributed by atoms with Gasteiger partial charge in [-0.3, -0.25) is 4.79 Å². The highest BCUT2D eigenvalue weighted by atomic mass is 16.5. The van der Waals surface area contributed by atoms with Crippen LogP contribution in [-0.4, -0.2) is 21.0 Å². The fourth-order valence-corrected chi connectivity index (χ4v) is 3.78. The zero-order chi connectivity index (χ0) is 18.4. The molecule has 3 aromatic rings. The van der Waals surface area contributed by atoms with Gasteiger partial charge in [-0.15, -0.1) is 0 Å². The number of nitrogens with zero attached hydrogens (tertiary/aromatic N) is 3. The average Bonchev–Trinajstić information content (AvgIpc) is 3.34. The SMILES string of the molecule is Cc1ncc(C(=O)N[C@@H]2CCc3cc(-c4noc(C5CCC5)n4)ccc32)o1. The largest absolute Gasteiger partial charge is 0.436 e. The molecule has 5 rings (SSSR count). The van der Waals surface area contributed by atoms with E-state index in [1.807, 2.05) is 12.1 Å². The molecule has 1 saturated carbocycles. The highest BCUT2D eigenvalue weighted by Gasteiger charge is 2.28. The molecular weight excluding hydrogens is 344 g/mol. The first-order chi connectivity index (χ1) is 13.2. The first kappa shape index (κ1) is 16.2. The van der Waals surface area contributed by atoms with Crippen molar-refractivity contribution in [3.63, 3.8) is 0 Å². The minimum absolute atomic E-state index is 0.0252. The van der Waals surface area contributed by atoms with Crippen molar-refractivity contribution in [3.05, 3.63) is 53.1 Å². The summed E-state index contributed by atoms with van der Waals surface area (Å²) in [4.78, 5) is 20.9. The Balaban J connectivity index is 1.34. The highest BCUT2D eigenvalue weighted by Crippen LogP contribution is 2.37. The Bertz CT molecular complexity index is 1000. The maximum absolute atomic E-state index is 12.3. The maximum Gasteiger partial charge on any atom is 0.289 e. The topological polar surface area (TPSA) is 94.1 Å². The lowest BCUT2D eigenvalue weighted by Gasteiger charge is -2.20. The number of rotatable bonds is 4. The van der Waals surface area contributed by atoms with Gasteiger partial charge >= 0.3 is 0 Å². The molecule has 27 heavy (non-hydrogen) atoms. The fourth-order valence-electron chi connectivity index (χ4n) is 3.78. The summed E-state index contributed by atoms with van der Waals surface area (Å²) in [5, 5.41) is 7.18. The van der Waals surface area contributed by atoms with Crippen molar-refractivity contribution in [1.29, 1.82) is 0 Å². The monoisotopic (exact) mass is 364 g/mol. The van der Waals surface area contributed by atoms with Crippen LogP contribution in [0.4, 0.5) is 0 Å². The zero-order valence-corrected chi connectivity index (χ0v) is 15.1. The standard InChI is InChI=1S/C20H20N4O3/c1-11-21-10-17(26-11)19(25)22-16-8-6-13-9-14(5-7-15(13)16)18-23-20(27-24-18)12-3-2-4-12/h5,7,9-10,12,16H,2-4,6,8H2,1H3,(H,22,25)/t16-/m1/s1. The van der Waals surface area contributed by atoms with Crippen molar-refractivity contribution in [1.82, 2.24) is 20.4 Å². The van der Waals surface area contributed by atoms with Gasteiger partial charge in [-0.1, -0.05) is 23.7 Å². The molecule has 0 spiro atoms. The Labute approximate surface area is 156 Å². The molecule has 2 heterocycles. The Hall–Kier alpha value is -2.96. The Kier molecular flexibility index (Phi) is 3.81. The molecule has 1 amide bonds. The third-order valence-electron chi connectivity index (χ3n) is 5.53. The van der Waals surface area contributed by atoms with Crippen LogP contribution in [0.2, 0.25) is 0 Å². The number of hydrogen-bond acceptors (Lipinski definition) is 6. The van der Waals surface area contributed by atoms with E-state index in [-0.39, 0.29) is 17.7 Å². The first-order valence-electron chi connectivity index (χ1n) is 9.37. The van der Waals surface area contributed by atoms with Crippen LogP contribution >= 0.6 is 0 Å². The second kappa shape index (κ2) is 6.33. The number of carbonyl (C=O) groups excluding carboxylic acids is 1. The molecule has 0 aliphatic heterocycles. The lowest BCUT2D eigenvalue weighted by molar-refractivity contribution is 0.0907. The van der Waals surface area contributed by atoms with E-state index < -0.39 is 0 Å². The molecule has 0 unspecified atom stereocenters. The smallest absolute Gasteiger partial charge is 0.289 e. The van der Waals surface area contributed by atoms with E-state index in [9.17, 15) is 4.79 Å². The number of nitrogens with one attached hydrogen (secondary N) is 1.